The fourth-order valence-corrected chi connectivity index (χ4v) is 2.54. The van der Waals surface area contributed by atoms with E-state index in [1.165, 1.54) is 0 Å². The first kappa shape index (κ1) is 15.1. The van der Waals surface area contributed by atoms with Gasteiger partial charge in [0.1, 0.15) is 5.84 Å². The third kappa shape index (κ3) is 2.91. The van der Waals surface area contributed by atoms with Gasteiger partial charge in [-0.2, -0.15) is 5.10 Å². The fourth-order valence-electron chi connectivity index (χ4n) is 2.54. The largest absolute Gasteiger partial charge is 0.382 e. The molecule has 0 saturated carbocycles. The van der Waals surface area contributed by atoms with Crippen LogP contribution in [0.3, 0.4) is 0 Å². The second kappa shape index (κ2) is 6.13. The normalized spacial score (nSPS) is 12.4. The minimum absolute atomic E-state index is 0.295. The van der Waals surface area contributed by atoms with Crippen molar-refractivity contribution in [1.82, 2.24) is 14.3 Å². The Morgan fingerprint density at radius 3 is 2.87 bits per heavy atom. The van der Waals surface area contributed by atoms with Crippen molar-refractivity contribution < 1.29 is 0 Å². The van der Waals surface area contributed by atoms with Gasteiger partial charge >= 0.3 is 0 Å². The van der Waals surface area contributed by atoms with E-state index in [1.807, 2.05) is 50.6 Å². The molecule has 0 fully saturated rings. The van der Waals surface area contributed by atoms with Crippen molar-refractivity contribution in [2.24, 2.45) is 16.7 Å². The molecule has 7 nitrogen and oxygen atoms in total. The van der Waals surface area contributed by atoms with Crippen LogP contribution in [0.15, 0.2) is 41.6 Å². The Labute approximate surface area is 134 Å². The standard InChI is InChI=1S/C16H21N7/c1-22(2)9-7-19-16-14-4-3-8-23(14)13-6-5-11(15(17)21-18)10-12(13)20-16/h3-6,8,10H,7,9,18H2,1-2H3,(H2,17,21)(H,19,20). The topological polar surface area (TPSA) is 97.0 Å². The average molecular weight is 311 g/mol. The zero-order valence-corrected chi connectivity index (χ0v) is 13.3. The maximum atomic E-state index is 5.80. The Morgan fingerprint density at radius 1 is 1.30 bits per heavy atom. The van der Waals surface area contributed by atoms with Gasteiger partial charge in [-0.05, 0) is 44.4 Å². The Bertz CT molecular complexity index is 863. The van der Waals surface area contributed by atoms with Gasteiger partial charge in [0.25, 0.3) is 0 Å². The molecule has 23 heavy (non-hydrogen) atoms. The van der Waals surface area contributed by atoms with Crippen molar-refractivity contribution in [3.63, 3.8) is 0 Å². The molecule has 5 N–H and O–H groups in total. The zero-order valence-electron chi connectivity index (χ0n) is 13.3. The fraction of sp³-hybridized carbons (Fsp3) is 0.250. The summed E-state index contributed by atoms with van der Waals surface area (Å²) in [5.74, 6) is 6.41. The number of rotatable bonds is 5. The molecule has 3 rings (SSSR count). The first-order chi connectivity index (χ1) is 11.1. The maximum absolute atomic E-state index is 5.80. The lowest BCUT2D eigenvalue weighted by Crippen LogP contribution is -2.21. The summed E-state index contributed by atoms with van der Waals surface area (Å²) in [6.45, 7) is 1.75. The van der Waals surface area contributed by atoms with Crippen LogP contribution in [0, 0.1) is 0 Å². The third-order valence-corrected chi connectivity index (χ3v) is 3.74. The lowest BCUT2D eigenvalue weighted by atomic mass is 10.1. The van der Waals surface area contributed by atoms with Crippen LogP contribution in [0.2, 0.25) is 0 Å². The van der Waals surface area contributed by atoms with Crippen molar-refractivity contribution in [3.05, 3.63) is 42.1 Å². The lowest BCUT2D eigenvalue weighted by molar-refractivity contribution is 0.425. The van der Waals surface area contributed by atoms with Crippen LogP contribution in [-0.4, -0.2) is 47.3 Å². The molecule has 0 aliphatic rings. The molecule has 0 unspecified atom stereocenters. The minimum atomic E-state index is 0.295. The molecular weight excluding hydrogens is 290 g/mol. The molecule has 0 radical (unpaired) electrons. The number of hydrazone groups is 1. The van der Waals surface area contributed by atoms with Gasteiger partial charge in [0.15, 0.2) is 5.82 Å². The number of hydrogen-bond donors (Lipinski definition) is 3. The number of aromatic nitrogens is 2. The van der Waals surface area contributed by atoms with Gasteiger partial charge in [0, 0.05) is 24.8 Å². The second-order valence-electron chi connectivity index (χ2n) is 5.67. The van der Waals surface area contributed by atoms with Gasteiger partial charge < -0.3 is 26.2 Å². The lowest BCUT2D eigenvalue weighted by Gasteiger charge is -2.13. The molecule has 0 amide bonds. The van der Waals surface area contributed by atoms with Gasteiger partial charge in [-0.15, -0.1) is 0 Å². The van der Waals surface area contributed by atoms with E-state index in [9.17, 15) is 0 Å². The van der Waals surface area contributed by atoms with Crippen LogP contribution >= 0.6 is 0 Å². The first-order valence-corrected chi connectivity index (χ1v) is 7.43. The second-order valence-corrected chi connectivity index (χ2v) is 5.67. The van der Waals surface area contributed by atoms with Crippen LogP contribution in [0.5, 0.6) is 0 Å². The summed E-state index contributed by atoms with van der Waals surface area (Å²) in [7, 11) is 4.09. The van der Waals surface area contributed by atoms with Crippen LogP contribution in [0.4, 0.5) is 5.82 Å². The number of amidine groups is 1. The molecule has 1 aromatic carbocycles. The number of fused-ring (bicyclic) bond motifs is 3. The molecule has 2 heterocycles. The van der Waals surface area contributed by atoms with Crippen molar-refractivity contribution >= 4 is 28.2 Å². The summed E-state index contributed by atoms with van der Waals surface area (Å²) in [6.07, 6.45) is 2.02. The monoisotopic (exact) mass is 311 g/mol. The van der Waals surface area contributed by atoms with Crippen molar-refractivity contribution in [2.45, 2.75) is 0 Å². The third-order valence-electron chi connectivity index (χ3n) is 3.74. The molecular formula is C16H21N7. The van der Waals surface area contributed by atoms with Crippen molar-refractivity contribution in [3.8, 4) is 0 Å². The summed E-state index contributed by atoms with van der Waals surface area (Å²) in [5, 5.41) is 6.95. The van der Waals surface area contributed by atoms with E-state index in [4.69, 9.17) is 16.6 Å². The van der Waals surface area contributed by atoms with Gasteiger partial charge in [-0.25, -0.2) is 4.98 Å². The van der Waals surface area contributed by atoms with Crippen LogP contribution < -0.4 is 16.9 Å². The predicted molar refractivity (Wildman–Crippen MR) is 94.7 cm³/mol. The number of anilines is 1. The summed E-state index contributed by atoms with van der Waals surface area (Å²) in [5.41, 5.74) is 9.46. The quantitative estimate of drug-likeness (QED) is 0.283. The Hall–Kier alpha value is -2.80. The summed E-state index contributed by atoms with van der Waals surface area (Å²) < 4.78 is 2.11. The molecule has 7 heteroatoms. The highest BCUT2D eigenvalue weighted by Gasteiger charge is 2.09. The number of nitrogens with zero attached hydrogens (tertiary/aromatic N) is 4. The first-order valence-electron chi connectivity index (χ1n) is 7.43. The molecule has 2 aromatic heterocycles. The highest BCUT2D eigenvalue weighted by atomic mass is 15.2. The minimum Gasteiger partial charge on any atom is -0.382 e. The van der Waals surface area contributed by atoms with E-state index in [1.54, 1.807) is 0 Å². The number of hydrogen-bond acceptors (Lipinski definition) is 5. The molecule has 0 atom stereocenters. The molecule has 0 spiro atoms. The SMILES string of the molecule is CN(C)CCNc1nc2cc(/C(N)=N/N)ccc2n2cccc12. The Morgan fingerprint density at radius 2 is 2.13 bits per heavy atom. The highest BCUT2D eigenvalue weighted by molar-refractivity contribution is 6.00. The van der Waals surface area contributed by atoms with E-state index < -0.39 is 0 Å². The van der Waals surface area contributed by atoms with E-state index >= 15 is 0 Å². The predicted octanol–water partition coefficient (Wildman–Crippen LogP) is 1.04. The van der Waals surface area contributed by atoms with Gasteiger partial charge in [0.2, 0.25) is 0 Å². The summed E-state index contributed by atoms with van der Waals surface area (Å²) >= 11 is 0. The maximum Gasteiger partial charge on any atom is 0.151 e. The average Bonchev–Trinajstić information content (AvgIpc) is 3.03. The van der Waals surface area contributed by atoms with Crippen molar-refractivity contribution in [2.75, 3.05) is 32.5 Å². The van der Waals surface area contributed by atoms with E-state index in [0.29, 0.717) is 5.84 Å². The summed E-state index contributed by atoms with van der Waals surface area (Å²) in [6, 6.07) is 9.84. The number of benzene rings is 1. The van der Waals surface area contributed by atoms with E-state index in [2.05, 4.69) is 19.7 Å². The van der Waals surface area contributed by atoms with Crippen molar-refractivity contribution in [1.29, 1.82) is 0 Å². The van der Waals surface area contributed by atoms with E-state index in [-0.39, 0.29) is 0 Å². The Kier molecular flexibility index (Phi) is 4.03. The molecule has 120 valence electrons. The highest BCUT2D eigenvalue weighted by Crippen LogP contribution is 2.23. The number of nitrogens with one attached hydrogen (secondary N) is 1. The van der Waals surface area contributed by atoms with Gasteiger partial charge in [-0.1, -0.05) is 0 Å². The van der Waals surface area contributed by atoms with Gasteiger partial charge in [0.05, 0.1) is 16.6 Å². The van der Waals surface area contributed by atoms with Crippen LogP contribution in [0.25, 0.3) is 16.6 Å². The van der Waals surface area contributed by atoms with Gasteiger partial charge in [-0.3, -0.25) is 0 Å². The summed E-state index contributed by atoms with van der Waals surface area (Å²) in [4.78, 5) is 6.87. The van der Waals surface area contributed by atoms with Crippen LogP contribution in [0.1, 0.15) is 5.56 Å². The molecule has 0 saturated heterocycles. The molecule has 3 aromatic rings. The molecule has 0 aliphatic carbocycles. The Balaban J connectivity index is 2.08. The number of nitrogens with two attached hydrogens (primary N) is 2. The van der Waals surface area contributed by atoms with Crippen LogP contribution in [-0.2, 0) is 0 Å². The molecule has 0 aliphatic heterocycles. The number of likely N-dealkylation sites (N-methyl/N-ethyl adjacent to an activating group) is 1. The zero-order chi connectivity index (χ0) is 16.4. The smallest absolute Gasteiger partial charge is 0.151 e. The molecule has 0 bridgehead atoms. The van der Waals surface area contributed by atoms with E-state index in [0.717, 1.165) is 41.0 Å².